The van der Waals surface area contributed by atoms with E-state index in [0.29, 0.717) is 0 Å². The average Bonchev–Trinajstić information content (AvgIpc) is 2.49. The summed E-state index contributed by atoms with van der Waals surface area (Å²) in [7, 11) is 0. The van der Waals surface area contributed by atoms with E-state index >= 15 is 0 Å². The van der Waals surface area contributed by atoms with Crippen LogP contribution in [0.5, 0.6) is 0 Å². The van der Waals surface area contributed by atoms with Crippen LogP contribution in [0.4, 0.5) is 11.4 Å². The van der Waals surface area contributed by atoms with Gasteiger partial charge < -0.3 is 10.6 Å². The van der Waals surface area contributed by atoms with Gasteiger partial charge in [0.15, 0.2) is 0 Å². The molecule has 1 heterocycles. The van der Waals surface area contributed by atoms with Crippen molar-refractivity contribution in [2.45, 2.75) is 6.42 Å². The van der Waals surface area contributed by atoms with Crippen molar-refractivity contribution in [3.63, 3.8) is 0 Å². The van der Waals surface area contributed by atoms with E-state index in [-0.39, 0.29) is 0 Å². The summed E-state index contributed by atoms with van der Waals surface area (Å²) in [6, 6.07) is 18.7. The second kappa shape index (κ2) is 5.19. The van der Waals surface area contributed by atoms with Gasteiger partial charge in [0.2, 0.25) is 0 Å². The molecule has 0 saturated heterocycles. The largest absolute Gasteiger partial charge is 0.399 e. The van der Waals surface area contributed by atoms with Crippen molar-refractivity contribution < 1.29 is 0 Å². The van der Waals surface area contributed by atoms with Crippen molar-refractivity contribution in [1.29, 1.82) is 0 Å². The van der Waals surface area contributed by atoms with E-state index in [1.807, 2.05) is 12.1 Å². The monoisotopic (exact) mass is 250 g/mol. The number of hydrogen-bond acceptors (Lipinski definition) is 2. The summed E-state index contributed by atoms with van der Waals surface area (Å²) in [4.78, 5) is 2.38. The fourth-order valence-electron chi connectivity index (χ4n) is 2.50. The van der Waals surface area contributed by atoms with Gasteiger partial charge in [0.1, 0.15) is 0 Å². The third-order valence-corrected chi connectivity index (χ3v) is 3.61. The smallest absolute Gasteiger partial charge is 0.0370 e. The molecule has 0 unspecified atom stereocenters. The van der Waals surface area contributed by atoms with Crippen LogP contribution >= 0.6 is 0 Å². The van der Waals surface area contributed by atoms with Gasteiger partial charge in [-0.2, -0.15) is 0 Å². The van der Waals surface area contributed by atoms with Crippen LogP contribution in [0, 0.1) is 0 Å². The molecule has 1 aliphatic rings. The molecule has 3 rings (SSSR count). The normalized spacial score (nSPS) is 15.2. The summed E-state index contributed by atoms with van der Waals surface area (Å²) in [6.07, 6.45) is 3.42. The maximum Gasteiger partial charge on any atom is 0.0370 e. The fraction of sp³-hybridized carbons (Fsp3) is 0.176. The molecule has 19 heavy (non-hydrogen) atoms. The fourth-order valence-corrected chi connectivity index (χ4v) is 2.50. The Morgan fingerprint density at radius 2 is 1.63 bits per heavy atom. The van der Waals surface area contributed by atoms with Crippen LogP contribution in [0.3, 0.4) is 0 Å². The summed E-state index contributed by atoms with van der Waals surface area (Å²) < 4.78 is 0. The van der Waals surface area contributed by atoms with E-state index in [4.69, 9.17) is 5.73 Å². The zero-order chi connectivity index (χ0) is 13.1. The number of hydrogen-bond donors (Lipinski definition) is 1. The van der Waals surface area contributed by atoms with Crippen LogP contribution in [-0.2, 0) is 0 Å². The van der Waals surface area contributed by atoms with Crippen molar-refractivity contribution in [2.75, 3.05) is 23.7 Å². The van der Waals surface area contributed by atoms with E-state index in [9.17, 15) is 0 Å². The summed E-state index contributed by atoms with van der Waals surface area (Å²) in [5.41, 5.74) is 10.6. The number of anilines is 2. The van der Waals surface area contributed by atoms with E-state index < -0.39 is 0 Å². The minimum Gasteiger partial charge on any atom is -0.399 e. The molecule has 2 N–H and O–H groups in total. The van der Waals surface area contributed by atoms with Gasteiger partial charge >= 0.3 is 0 Å². The lowest BCUT2D eigenvalue weighted by Gasteiger charge is -2.28. The highest BCUT2D eigenvalue weighted by Gasteiger charge is 2.12. The molecule has 2 aromatic carbocycles. The van der Waals surface area contributed by atoms with Crippen LogP contribution in [-0.4, -0.2) is 13.1 Å². The molecule has 0 amide bonds. The van der Waals surface area contributed by atoms with Gasteiger partial charge in [0.25, 0.3) is 0 Å². The standard InChI is InChI=1S/C17H18N2/c18-16-6-8-17(9-7-16)19-12-10-15(11-13-19)14-4-2-1-3-5-14/h1-10H,11-13,18H2. The second-order valence-electron chi connectivity index (χ2n) is 4.88. The van der Waals surface area contributed by atoms with Crippen molar-refractivity contribution in [3.05, 3.63) is 66.2 Å². The van der Waals surface area contributed by atoms with Crippen molar-refractivity contribution in [1.82, 2.24) is 0 Å². The van der Waals surface area contributed by atoms with Gasteiger partial charge in [-0.15, -0.1) is 0 Å². The Balaban J connectivity index is 1.75. The van der Waals surface area contributed by atoms with Crippen molar-refractivity contribution in [2.24, 2.45) is 0 Å². The lowest BCUT2D eigenvalue weighted by atomic mass is 9.99. The predicted octanol–water partition coefficient (Wildman–Crippen LogP) is 3.56. The van der Waals surface area contributed by atoms with Gasteiger partial charge in [-0.3, -0.25) is 0 Å². The minimum atomic E-state index is 0.821. The van der Waals surface area contributed by atoms with Crippen LogP contribution in [0.25, 0.3) is 5.57 Å². The van der Waals surface area contributed by atoms with Crippen molar-refractivity contribution in [3.8, 4) is 0 Å². The lowest BCUT2D eigenvalue weighted by Crippen LogP contribution is -2.28. The molecule has 0 spiro atoms. The maximum atomic E-state index is 5.72. The van der Waals surface area contributed by atoms with E-state index in [1.165, 1.54) is 16.8 Å². The molecule has 1 aliphatic heterocycles. The Labute approximate surface area is 114 Å². The first-order valence-corrected chi connectivity index (χ1v) is 6.68. The summed E-state index contributed by atoms with van der Waals surface area (Å²) in [6.45, 7) is 2.03. The first-order chi connectivity index (χ1) is 9.33. The number of benzene rings is 2. The van der Waals surface area contributed by atoms with Crippen molar-refractivity contribution >= 4 is 16.9 Å². The predicted molar refractivity (Wildman–Crippen MR) is 82.1 cm³/mol. The molecule has 0 bridgehead atoms. The molecule has 2 heteroatoms. The molecule has 96 valence electrons. The Morgan fingerprint density at radius 3 is 2.26 bits per heavy atom. The van der Waals surface area contributed by atoms with Gasteiger partial charge in [-0.05, 0) is 41.8 Å². The van der Waals surface area contributed by atoms with E-state index in [1.54, 1.807) is 0 Å². The minimum absolute atomic E-state index is 0.821. The van der Waals surface area contributed by atoms with Gasteiger partial charge in [0.05, 0.1) is 0 Å². The third kappa shape index (κ3) is 2.63. The summed E-state index contributed by atoms with van der Waals surface area (Å²) in [5, 5.41) is 0. The van der Waals surface area contributed by atoms with Crippen LogP contribution in [0.2, 0.25) is 0 Å². The van der Waals surface area contributed by atoms with E-state index in [2.05, 4.69) is 53.4 Å². The first kappa shape index (κ1) is 11.8. The highest BCUT2D eigenvalue weighted by Crippen LogP contribution is 2.25. The molecular weight excluding hydrogens is 232 g/mol. The Hall–Kier alpha value is -2.22. The number of nitrogens with zero attached hydrogens (tertiary/aromatic N) is 1. The van der Waals surface area contributed by atoms with Crippen LogP contribution in [0.15, 0.2) is 60.7 Å². The third-order valence-electron chi connectivity index (χ3n) is 3.61. The average molecular weight is 250 g/mol. The SMILES string of the molecule is Nc1ccc(N2CC=C(c3ccccc3)CC2)cc1. The summed E-state index contributed by atoms with van der Waals surface area (Å²) in [5.74, 6) is 0. The van der Waals surface area contributed by atoms with Crippen LogP contribution in [0.1, 0.15) is 12.0 Å². The van der Waals surface area contributed by atoms with E-state index in [0.717, 1.165) is 25.2 Å². The molecule has 0 saturated carbocycles. The lowest BCUT2D eigenvalue weighted by molar-refractivity contribution is 0.833. The van der Waals surface area contributed by atoms with Crippen LogP contribution < -0.4 is 10.6 Å². The molecule has 0 aliphatic carbocycles. The Bertz CT molecular complexity index is 570. The number of nitrogens with two attached hydrogens (primary N) is 1. The molecule has 0 aromatic heterocycles. The van der Waals surface area contributed by atoms with Gasteiger partial charge in [0, 0.05) is 24.5 Å². The topological polar surface area (TPSA) is 29.3 Å². The van der Waals surface area contributed by atoms with Gasteiger partial charge in [-0.1, -0.05) is 36.4 Å². The number of rotatable bonds is 2. The summed E-state index contributed by atoms with van der Waals surface area (Å²) >= 11 is 0. The molecule has 0 atom stereocenters. The second-order valence-corrected chi connectivity index (χ2v) is 4.88. The quantitative estimate of drug-likeness (QED) is 0.826. The molecule has 2 nitrogen and oxygen atoms in total. The Morgan fingerprint density at radius 1 is 0.895 bits per heavy atom. The molecular formula is C17H18N2. The molecule has 2 aromatic rings. The Kier molecular flexibility index (Phi) is 3.23. The highest BCUT2D eigenvalue weighted by atomic mass is 15.1. The molecule has 0 radical (unpaired) electrons. The van der Waals surface area contributed by atoms with Gasteiger partial charge in [-0.25, -0.2) is 0 Å². The number of nitrogen functional groups attached to an aromatic ring is 1. The highest BCUT2D eigenvalue weighted by molar-refractivity contribution is 5.69. The zero-order valence-corrected chi connectivity index (χ0v) is 10.9. The molecule has 0 fully saturated rings. The first-order valence-electron chi connectivity index (χ1n) is 6.68. The zero-order valence-electron chi connectivity index (χ0n) is 10.9. The maximum absolute atomic E-state index is 5.72.